The molecule has 1 aliphatic heterocycles. The summed E-state index contributed by atoms with van der Waals surface area (Å²) < 4.78 is 72.5. The highest BCUT2D eigenvalue weighted by Gasteiger charge is 2.56. The summed E-state index contributed by atoms with van der Waals surface area (Å²) >= 11 is 0. The number of fused-ring (bicyclic) bond motifs is 1. The molecule has 1 saturated carbocycles. The summed E-state index contributed by atoms with van der Waals surface area (Å²) in [5.41, 5.74) is 1.46. The maximum atomic E-state index is 13.7. The van der Waals surface area contributed by atoms with Crippen LogP contribution in [0.25, 0.3) is 16.8 Å². The van der Waals surface area contributed by atoms with Gasteiger partial charge in [-0.1, -0.05) is 12.1 Å². The van der Waals surface area contributed by atoms with Crippen LogP contribution in [0.1, 0.15) is 53.9 Å². The molecule has 4 aromatic rings. The Morgan fingerprint density at radius 1 is 1.21 bits per heavy atom. The Hall–Kier alpha value is -3.87. The van der Waals surface area contributed by atoms with Crippen LogP contribution in [-0.2, 0) is 20.4 Å². The van der Waals surface area contributed by atoms with E-state index in [1.165, 1.54) is 25.3 Å². The number of alkyl halides is 3. The van der Waals surface area contributed by atoms with Gasteiger partial charge in [-0.25, -0.2) is 9.37 Å². The molecule has 2 aliphatic rings. The van der Waals surface area contributed by atoms with Gasteiger partial charge in [0.2, 0.25) is 0 Å². The summed E-state index contributed by atoms with van der Waals surface area (Å²) in [5.74, 6) is -2.88. The van der Waals surface area contributed by atoms with E-state index >= 15 is 0 Å². The highest BCUT2D eigenvalue weighted by Crippen LogP contribution is 2.57. The van der Waals surface area contributed by atoms with Crippen LogP contribution in [0.4, 0.5) is 17.6 Å². The van der Waals surface area contributed by atoms with Crippen LogP contribution in [0, 0.1) is 18.7 Å². The fourth-order valence-electron chi connectivity index (χ4n) is 6.21. The molecule has 0 N–H and O–H groups in total. The Bertz CT molecular complexity index is 1550. The van der Waals surface area contributed by atoms with E-state index in [1.54, 1.807) is 25.1 Å². The molecule has 6 rings (SSSR count). The van der Waals surface area contributed by atoms with Crippen molar-refractivity contribution in [2.45, 2.75) is 49.8 Å². The molecular formula is C26H23F4N5O4. The van der Waals surface area contributed by atoms with Crippen LogP contribution in [0.5, 0.6) is 0 Å². The number of carbonyl (C=O) groups excluding carboxylic acids is 1. The Labute approximate surface area is 219 Å². The molecule has 1 aliphatic carbocycles. The molecule has 2 aromatic carbocycles. The number of hydrogen-bond donors (Lipinski definition) is 0. The lowest BCUT2D eigenvalue weighted by molar-refractivity contribution is -0.147. The van der Waals surface area contributed by atoms with Gasteiger partial charge in [-0.3, -0.25) is 4.79 Å². The zero-order valence-electron chi connectivity index (χ0n) is 20.9. The second kappa shape index (κ2) is 9.11. The van der Waals surface area contributed by atoms with Crippen molar-refractivity contribution < 1.29 is 36.2 Å². The van der Waals surface area contributed by atoms with E-state index in [4.69, 9.17) is 13.9 Å². The number of nitrogens with zero attached hydrogens (tertiary/aromatic N) is 5. The third-order valence-corrected chi connectivity index (χ3v) is 7.76. The second-order valence-electron chi connectivity index (χ2n) is 10.0. The van der Waals surface area contributed by atoms with Gasteiger partial charge in [0, 0.05) is 24.3 Å². The van der Waals surface area contributed by atoms with Gasteiger partial charge in [0.25, 0.3) is 5.82 Å². The van der Waals surface area contributed by atoms with E-state index in [1.807, 2.05) is 0 Å². The molecule has 0 amide bonds. The first-order valence-corrected chi connectivity index (χ1v) is 12.3. The van der Waals surface area contributed by atoms with E-state index in [0.29, 0.717) is 46.5 Å². The number of oxazole rings is 1. The fourth-order valence-corrected chi connectivity index (χ4v) is 6.21. The monoisotopic (exact) mass is 545 g/mol. The minimum Gasteiger partial charge on any atom is -0.469 e. The first-order chi connectivity index (χ1) is 18.6. The third-order valence-electron chi connectivity index (χ3n) is 7.76. The second-order valence-corrected chi connectivity index (χ2v) is 10.0. The van der Waals surface area contributed by atoms with Gasteiger partial charge in [0.05, 0.1) is 30.9 Å². The summed E-state index contributed by atoms with van der Waals surface area (Å²) in [6, 6.07) is 8.99. The van der Waals surface area contributed by atoms with Gasteiger partial charge in [-0.2, -0.15) is 17.9 Å². The average Bonchev–Trinajstić information content (AvgIpc) is 3.69. The van der Waals surface area contributed by atoms with Crippen molar-refractivity contribution >= 4 is 17.1 Å². The highest BCUT2D eigenvalue weighted by atomic mass is 19.4. The zero-order valence-corrected chi connectivity index (χ0v) is 20.9. The van der Waals surface area contributed by atoms with Crippen molar-refractivity contribution in [1.29, 1.82) is 0 Å². The molecule has 2 aromatic heterocycles. The number of tetrazole rings is 1. The Balaban J connectivity index is 1.42. The van der Waals surface area contributed by atoms with Gasteiger partial charge in [0.1, 0.15) is 11.3 Å². The number of esters is 1. The van der Waals surface area contributed by atoms with Crippen LogP contribution >= 0.6 is 0 Å². The van der Waals surface area contributed by atoms with Crippen LogP contribution in [0.15, 0.2) is 40.8 Å². The van der Waals surface area contributed by atoms with Gasteiger partial charge >= 0.3 is 12.1 Å². The summed E-state index contributed by atoms with van der Waals surface area (Å²) in [6.07, 6.45) is -3.26. The molecule has 39 heavy (non-hydrogen) atoms. The minimum atomic E-state index is -4.77. The maximum Gasteiger partial charge on any atom is 0.453 e. The number of benzene rings is 2. The van der Waals surface area contributed by atoms with Crippen molar-refractivity contribution in [1.82, 2.24) is 25.2 Å². The standard InChI is InChI=1S/C26H23F4N5O4/c1-13-31-20-10-17(35-24(26(28,29)30)32-33-34-35)9-19(22(20)39-13)15-11-25(38-12-15)8-7-18(23(36)37-2)21(25)14-3-5-16(27)6-4-14/h3-6,9-10,15,18,21H,7-8,11-12H2,1-2H3. The topological polar surface area (TPSA) is 105 Å². The number of methoxy groups -OCH3 is 1. The Morgan fingerprint density at radius 2 is 1.97 bits per heavy atom. The van der Waals surface area contributed by atoms with Crippen LogP contribution in [0.2, 0.25) is 0 Å². The van der Waals surface area contributed by atoms with E-state index in [-0.39, 0.29) is 24.2 Å². The van der Waals surface area contributed by atoms with E-state index in [2.05, 4.69) is 20.5 Å². The highest BCUT2D eigenvalue weighted by molar-refractivity contribution is 5.80. The lowest BCUT2D eigenvalue weighted by atomic mass is 9.76. The maximum absolute atomic E-state index is 13.7. The molecule has 1 spiro atoms. The van der Waals surface area contributed by atoms with E-state index < -0.39 is 35.3 Å². The molecule has 3 heterocycles. The van der Waals surface area contributed by atoms with Crippen molar-refractivity contribution in [3.63, 3.8) is 0 Å². The lowest BCUT2D eigenvalue weighted by Gasteiger charge is -2.33. The molecule has 13 heteroatoms. The predicted octanol–water partition coefficient (Wildman–Crippen LogP) is 4.88. The van der Waals surface area contributed by atoms with Crippen molar-refractivity contribution in [2.75, 3.05) is 13.7 Å². The summed E-state index contributed by atoms with van der Waals surface area (Å²) in [4.78, 5) is 17.1. The Morgan fingerprint density at radius 3 is 2.69 bits per heavy atom. The largest absolute Gasteiger partial charge is 0.469 e. The van der Waals surface area contributed by atoms with Crippen molar-refractivity contribution in [3.05, 3.63) is 65.1 Å². The van der Waals surface area contributed by atoms with Crippen LogP contribution < -0.4 is 0 Å². The number of aryl methyl sites for hydroxylation is 1. The van der Waals surface area contributed by atoms with E-state index in [9.17, 15) is 22.4 Å². The zero-order chi connectivity index (χ0) is 27.5. The molecule has 1 saturated heterocycles. The van der Waals surface area contributed by atoms with Crippen LogP contribution in [-0.4, -0.2) is 50.5 Å². The molecule has 9 nitrogen and oxygen atoms in total. The molecule has 4 atom stereocenters. The number of aromatic nitrogens is 5. The Kier molecular flexibility index (Phi) is 5.93. The van der Waals surface area contributed by atoms with Gasteiger partial charge < -0.3 is 13.9 Å². The lowest BCUT2D eigenvalue weighted by Crippen LogP contribution is -2.35. The number of ether oxygens (including phenoxy) is 2. The van der Waals surface area contributed by atoms with Gasteiger partial charge in [-0.05, 0) is 59.5 Å². The SMILES string of the molecule is COC(=O)C1CCC2(CC(c3cc(-n4nnnc4C(F)(F)F)cc4nc(C)oc34)CO2)C1c1ccc(F)cc1. The fraction of sp³-hybridized carbons (Fsp3) is 0.423. The number of carbonyl (C=O) groups is 1. The third kappa shape index (κ3) is 4.24. The predicted molar refractivity (Wildman–Crippen MR) is 126 cm³/mol. The molecule has 2 fully saturated rings. The molecule has 4 unspecified atom stereocenters. The summed E-state index contributed by atoms with van der Waals surface area (Å²) in [6.45, 7) is 1.88. The van der Waals surface area contributed by atoms with Crippen molar-refractivity contribution in [2.24, 2.45) is 5.92 Å². The van der Waals surface area contributed by atoms with Crippen molar-refractivity contribution in [3.8, 4) is 5.69 Å². The normalized spacial score (nSPS) is 25.1. The number of hydrogen-bond acceptors (Lipinski definition) is 8. The first kappa shape index (κ1) is 25.4. The van der Waals surface area contributed by atoms with Gasteiger partial charge in [0.15, 0.2) is 11.5 Å². The van der Waals surface area contributed by atoms with E-state index in [0.717, 1.165) is 5.56 Å². The molecular weight excluding hydrogens is 522 g/mol. The quantitative estimate of drug-likeness (QED) is 0.264. The van der Waals surface area contributed by atoms with Crippen LogP contribution in [0.3, 0.4) is 0 Å². The average molecular weight is 545 g/mol. The molecule has 0 radical (unpaired) electrons. The summed E-state index contributed by atoms with van der Waals surface area (Å²) in [7, 11) is 1.33. The number of rotatable bonds is 4. The summed E-state index contributed by atoms with van der Waals surface area (Å²) in [5, 5.41) is 9.94. The van der Waals surface area contributed by atoms with Gasteiger partial charge in [-0.15, -0.1) is 5.10 Å². The minimum absolute atomic E-state index is 0.0815. The molecule has 204 valence electrons. The first-order valence-electron chi connectivity index (χ1n) is 12.3. The smallest absolute Gasteiger partial charge is 0.453 e. The number of halogens is 4. The molecule has 0 bridgehead atoms.